The highest BCUT2D eigenvalue weighted by Crippen LogP contribution is 2.35. The highest BCUT2D eigenvalue weighted by molar-refractivity contribution is 6.11. The SMILES string of the molecule is c1cnc2c(c1)C(Nc1ccc3c(N4CC5CC4CO5)nccc3c1)=NC2. The lowest BCUT2D eigenvalue weighted by atomic mass is 10.1. The molecule has 5 heterocycles. The van der Waals surface area contributed by atoms with Gasteiger partial charge in [-0.3, -0.25) is 9.98 Å². The largest absolute Gasteiger partial charge is 0.374 e. The highest BCUT2D eigenvalue weighted by atomic mass is 16.5. The van der Waals surface area contributed by atoms with E-state index in [1.165, 1.54) is 10.8 Å². The van der Waals surface area contributed by atoms with E-state index in [0.717, 1.165) is 48.2 Å². The summed E-state index contributed by atoms with van der Waals surface area (Å²) in [6.45, 7) is 2.40. The Hall–Kier alpha value is -2.99. The zero-order chi connectivity index (χ0) is 17.8. The molecule has 134 valence electrons. The minimum absolute atomic E-state index is 0.363. The van der Waals surface area contributed by atoms with Gasteiger partial charge in [-0.05, 0) is 48.2 Å². The molecule has 3 aliphatic rings. The highest BCUT2D eigenvalue weighted by Gasteiger charge is 2.40. The molecule has 27 heavy (non-hydrogen) atoms. The van der Waals surface area contributed by atoms with Crippen LogP contribution in [0.3, 0.4) is 0 Å². The van der Waals surface area contributed by atoms with Gasteiger partial charge in [-0.1, -0.05) is 0 Å². The lowest BCUT2D eigenvalue weighted by molar-refractivity contribution is 0.0990. The fraction of sp³-hybridized carbons (Fsp3) is 0.286. The van der Waals surface area contributed by atoms with Crippen molar-refractivity contribution in [2.75, 3.05) is 23.4 Å². The van der Waals surface area contributed by atoms with E-state index in [0.29, 0.717) is 18.7 Å². The molecule has 0 radical (unpaired) electrons. The van der Waals surface area contributed by atoms with Crippen LogP contribution in [0.4, 0.5) is 11.5 Å². The predicted molar refractivity (Wildman–Crippen MR) is 105 cm³/mol. The average molecular weight is 357 g/mol. The first-order chi connectivity index (χ1) is 13.3. The molecule has 1 N–H and O–H groups in total. The molecular weight excluding hydrogens is 338 g/mol. The third-order valence-corrected chi connectivity index (χ3v) is 5.71. The van der Waals surface area contributed by atoms with E-state index in [9.17, 15) is 0 Å². The fourth-order valence-electron chi connectivity index (χ4n) is 4.39. The van der Waals surface area contributed by atoms with Crippen LogP contribution in [0.2, 0.25) is 0 Å². The number of ether oxygens (including phenoxy) is 1. The number of anilines is 2. The third-order valence-electron chi connectivity index (χ3n) is 5.71. The quantitative estimate of drug-likeness (QED) is 0.764. The van der Waals surface area contributed by atoms with Crippen molar-refractivity contribution in [1.29, 1.82) is 0 Å². The molecule has 6 nitrogen and oxygen atoms in total. The molecule has 0 spiro atoms. The Bertz CT molecular complexity index is 1080. The number of amidine groups is 1. The number of benzene rings is 1. The van der Waals surface area contributed by atoms with Crippen LogP contribution in [0.15, 0.2) is 53.8 Å². The summed E-state index contributed by atoms with van der Waals surface area (Å²) in [6.07, 6.45) is 5.20. The lowest BCUT2D eigenvalue weighted by Crippen LogP contribution is -2.37. The number of hydrogen-bond acceptors (Lipinski definition) is 6. The van der Waals surface area contributed by atoms with Gasteiger partial charge in [0.25, 0.3) is 0 Å². The van der Waals surface area contributed by atoms with Crippen molar-refractivity contribution in [3.8, 4) is 0 Å². The number of aromatic nitrogens is 2. The summed E-state index contributed by atoms with van der Waals surface area (Å²) < 4.78 is 5.74. The van der Waals surface area contributed by atoms with Crippen molar-refractivity contribution in [3.05, 3.63) is 60.0 Å². The molecule has 2 bridgehead atoms. The second-order valence-electron chi connectivity index (χ2n) is 7.36. The second kappa shape index (κ2) is 5.76. The first kappa shape index (κ1) is 15.1. The Kier molecular flexibility index (Phi) is 3.22. The van der Waals surface area contributed by atoms with Gasteiger partial charge in [0.05, 0.1) is 31.0 Å². The van der Waals surface area contributed by atoms with E-state index in [4.69, 9.17) is 4.74 Å². The van der Waals surface area contributed by atoms with E-state index in [1.54, 1.807) is 0 Å². The first-order valence-corrected chi connectivity index (χ1v) is 9.38. The van der Waals surface area contributed by atoms with Crippen LogP contribution in [-0.4, -0.2) is 41.1 Å². The van der Waals surface area contributed by atoms with Gasteiger partial charge in [0.1, 0.15) is 11.7 Å². The maximum absolute atomic E-state index is 5.74. The van der Waals surface area contributed by atoms with Crippen molar-refractivity contribution in [3.63, 3.8) is 0 Å². The number of nitrogens with zero attached hydrogens (tertiary/aromatic N) is 4. The van der Waals surface area contributed by atoms with Crippen molar-refractivity contribution in [2.24, 2.45) is 4.99 Å². The number of aliphatic imine (C=N–C) groups is 1. The van der Waals surface area contributed by atoms with Crippen LogP contribution < -0.4 is 10.2 Å². The number of morpholine rings is 1. The molecule has 0 aliphatic carbocycles. The zero-order valence-corrected chi connectivity index (χ0v) is 14.8. The normalized spacial score (nSPS) is 23.0. The van der Waals surface area contributed by atoms with E-state index in [-0.39, 0.29) is 0 Å². The Balaban J connectivity index is 1.33. The molecule has 1 aromatic carbocycles. The van der Waals surface area contributed by atoms with Gasteiger partial charge in [-0.2, -0.15) is 0 Å². The van der Waals surface area contributed by atoms with Gasteiger partial charge in [0, 0.05) is 35.6 Å². The summed E-state index contributed by atoms with van der Waals surface area (Å²) in [4.78, 5) is 16.1. The average Bonchev–Trinajstić information content (AvgIpc) is 3.44. The number of hydrogen-bond donors (Lipinski definition) is 1. The van der Waals surface area contributed by atoms with E-state index >= 15 is 0 Å². The Morgan fingerprint density at radius 1 is 1.11 bits per heavy atom. The Morgan fingerprint density at radius 3 is 3.00 bits per heavy atom. The maximum Gasteiger partial charge on any atom is 0.136 e. The lowest BCUT2D eigenvalue weighted by Gasteiger charge is -2.28. The van der Waals surface area contributed by atoms with E-state index in [1.807, 2.05) is 18.5 Å². The standard InChI is InChI=1S/C21H19N5O/c1-2-18-19(22-6-1)10-24-20(18)25-14-3-4-17-13(8-14)5-7-23-21(17)26-11-16-9-15(26)12-27-16/h1-8,15-16H,9-12H2,(H,24,25). The number of pyridine rings is 2. The molecule has 0 amide bonds. The van der Waals surface area contributed by atoms with Gasteiger partial charge in [0.15, 0.2) is 0 Å². The predicted octanol–water partition coefficient (Wildman–Crippen LogP) is 2.98. The van der Waals surface area contributed by atoms with Gasteiger partial charge >= 0.3 is 0 Å². The second-order valence-corrected chi connectivity index (χ2v) is 7.36. The van der Waals surface area contributed by atoms with Gasteiger partial charge < -0.3 is 15.0 Å². The molecule has 0 saturated carbocycles. The Morgan fingerprint density at radius 2 is 2.11 bits per heavy atom. The molecular formula is C21H19N5O. The minimum atomic E-state index is 0.363. The van der Waals surface area contributed by atoms with Crippen LogP contribution in [0.1, 0.15) is 17.7 Å². The summed E-state index contributed by atoms with van der Waals surface area (Å²) >= 11 is 0. The summed E-state index contributed by atoms with van der Waals surface area (Å²) in [5.41, 5.74) is 3.14. The molecule has 2 atom stereocenters. The van der Waals surface area contributed by atoms with E-state index in [2.05, 4.69) is 55.5 Å². The molecule has 6 rings (SSSR count). The van der Waals surface area contributed by atoms with Crippen molar-refractivity contribution in [2.45, 2.75) is 25.1 Å². The molecule has 6 heteroatoms. The maximum atomic E-state index is 5.74. The summed E-state index contributed by atoms with van der Waals surface area (Å²) in [6, 6.07) is 13.0. The number of rotatable bonds is 2. The van der Waals surface area contributed by atoms with E-state index < -0.39 is 0 Å². The van der Waals surface area contributed by atoms with Crippen LogP contribution in [0.5, 0.6) is 0 Å². The monoisotopic (exact) mass is 357 g/mol. The molecule has 3 aromatic rings. The van der Waals surface area contributed by atoms with Gasteiger partial charge in [0.2, 0.25) is 0 Å². The summed E-state index contributed by atoms with van der Waals surface area (Å²) in [7, 11) is 0. The number of fused-ring (bicyclic) bond motifs is 4. The fourth-order valence-corrected chi connectivity index (χ4v) is 4.39. The van der Waals surface area contributed by atoms with Gasteiger partial charge in [-0.25, -0.2) is 4.98 Å². The summed E-state index contributed by atoms with van der Waals surface area (Å²) in [5, 5.41) is 5.83. The minimum Gasteiger partial charge on any atom is -0.374 e. The zero-order valence-electron chi connectivity index (χ0n) is 14.8. The van der Waals surface area contributed by atoms with Crippen LogP contribution in [-0.2, 0) is 11.3 Å². The number of nitrogens with one attached hydrogen (secondary N) is 1. The topological polar surface area (TPSA) is 62.6 Å². The third kappa shape index (κ3) is 2.40. The van der Waals surface area contributed by atoms with Crippen LogP contribution in [0.25, 0.3) is 10.8 Å². The van der Waals surface area contributed by atoms with Crippen molar-refractivity contribution in [1.82, 2.24) is 9.97 Å². The van der Waals surface area contributed by atoms with Crippen molar-refractivity contribution >= 4 is 28.1 Å². The smallest absolute Gasteiger partial charge is 0.136 e. The van der Waals surface area contributed by atoms with Crippen molar-refractivity contribution < 1.29 is 4.74 Å². The molecule has 2 aromatic heterocycles. The van der Waals surface area contributed by atoms with Crippen LogP contribution in [0, 0.1) is 0 Å². The van der Waals surface area contributed by atoms with Gasteiger partial charge in [-0.15, -0.1) is 0 Å². The van der Waals surface area contributed by atoms with Crippen LogP contribution >= 0.6 is 0 Å². The molecule has 2 saturated heterocycles. The molecule has 3 aliphatic heterocycles. The molecule has 2 fully saturated rings. The summed E-state index contributed by atoms with van der Waals surface area (Å²) in [5.74, 6) is 1.96. The Labute approximate surface area is 156 Å². The molecule has 2 unspecified atom stereocenters. The first-order valence-electron chi connectivity index (χ1n) is 9.38.